The van der Waals surface area contributed by atoms with Crippen LogP contribution in [-0.4, -0.2) is 4.92 Å². The van der Waals surface area contributed by atoms with E-state index < -0.39 is 4.92 Å². The number of anilines is 1. The monoisotopic (exact) mass is 360 g/mol. The molecule has 1 atom stereocenters. The molecule has 0 aliphatic heterocycles. The van der Waals surface area contributed by atoms with E-state index in [0.29, 0.717) is 10.7 Å². The van der Waals surface area contributed by atoms with Crippen LogP contribution in [-0.2, 0) is 0 Å². The van der Waals surface area contributed by atoms with Gasteiger partial charge in [0.15, 0.2) is 0 Å². The van der Waals surface area contributed by atoms with Crippen LogP contribution in [0.1, 0.15) is 17.8 Å². The molecule has 0 aliphatic rings. The molecule has 0 amide bonds. The Kier molecular flexibility index (Phi) is 4.44. The summed E-state index contributed by atoms with van der Waals surface area (Å²) in [6, 6.07) is 6.45. The third kappa shape index (κ3) is 3.26. The summed E-state index contributed by atoms with van der Waals surface area (Å²) in [5.74, 6) is 0. The molecule has 0 radical (unpaired) electrons. The van der Waals surface area contributed by atoms with E-state index in [4.69, 9.17) is 11.6 Å². The third-order valence-electron chi connectivity index (χ3n) is 2.57. The molecule has 1 N–H and O–H groups in total. The first-order chi connectivity index (χ1) is 8.99. The SMILES string of the molecule is CC(Nc1ccc([N+](=O)[O-])cc1Cl)c1sccc1Br. The number of nitrogens with zero attached hydrogens (tertiary/aromatic N) is 1. The van der Waals surface area contributed by atoms with E-state index in [1.165, 1.54) is 12.1 Å². The lowest BCUT2D eigenvalue weighted by Gasteiger charge is -2.15. The van der Waals surface area contributed by atoms with E-state index in [9.17, 15) is 10.1 Å². The van der Waals surface area contributed by atoms with Crippen LogP contribution in [0.3, 0.4) is 0 Å². The standard InChI is InChI=1S/C12H10BrClN2O2S/c1-7(12-9(13)4-5-19-12)15-11-3-2-8(16(17)18)6-10(11)14/h2-7,15H,1H3. The van der Waals surface area contributed by atoms with Gasteiger partial charge in [0.1, 0.15) is 0 Å². The lowest BCUT2D eigenvalue weighted by atomic mass is 10.2. The third-order valence-corrected chi connectivity index (χ3v) is 4.94. The Morgan fingerprint density at radius 2 is 2.21 bits per heavy atom. The topological polar surface area (TPSA) is 55.2 Å². The molecule has 1 aromatic heterocycles. The lowest BCUT2D eigenvalue weighted by molar-refractivity contribution is -0.384. The van der Waals surface area contributed by atoms with Gasteiger partial charge in [0.25, 0.3) is 5.69 Å². The van der Waals surface area contributed by atoms with Crippen molar-refractivity contribution in [2.24, 2.45) is 0 Å². The zero-order valence-corrected chi connectivity index (χ0v) is 13.1. The predicted molar refractivity (Wildman–Crippen MR) is 82.2 cm³/mol. The number of halogens is 2. The van der Waals surface area contributed by atoms with Crippen molar-refractivity contribution >= 4 is 50.2 Å². The van der Waals surface area contributed by atoms with Gasteiger partial charge >= 0.3 is 0 Å². The first kappa shape index (κ1) is 14.3. The van der Waals surface area contributed by atoms with Crippen molar-refractivity contribution in [1.29, 1.82) is 0 Å². The van der Waals surface area contributed by atoms with Gasteiger partial charge in [0.2, 0.25) is 0 Å². The lowest BCUT2D eigenvalue weighted by Crippen LogP contribution is -2.06. The van der Waals surface area contributed by atoms with Crippen molar-refractivity contribution < 1.29 is 4.92 Å². The zero-order chi connectivity index (χ0) is 14.0. The number of nitrogens with one attached hydrogen (secondary N) is 1. The van der Waals surface area contributed by atoms with Crippen molar-refractivity contribution in [3.05, 3.63) is 54.1 Å². The first-order valence-corrected chi connectivity index (χ1v) is 7.47. The summed E-state index contributed by atoms with van der Waals surface area (Å²) in [6.45, 7) is 2.01. The summed E-state index contributed by atoms with van der Waals surface area (Å²) in [5, 5.41) is 16.2. The minimum atomic E-state index is -0.463. The van der Waals surface area contributed by atoms with Gasteiger partial charge in [-0.2, -0.15) is 0 Å². The number of thiophene rings is 1. The van der Waals surface area contributed by atoms with Crippen molar-refractivity contribution in [2.75, 3.05) is 5.32 Å². The predicted octanol–water partition coefficient (Wildman–Crippen LogP) is 5.25. The molecule has 0 bridgehead atoms. The molecule has 7 heteroatoms. The molecule has 1 unspecified atom stereocenters. The van der Waals surface area contributed by atoms with Crippen LogP contribution in [0.4, 0.5) is 11.4 Å². The van der Waals surface area contributed by atoms with Gasteiger partial charge in [-0.25, -0.2) is 0 Å². The van der Waals surface area contributed by atoms with Gasteiger partial charge in [-0.1, -0.05) is 11.6 Å². The van der Waals surface area contributed by atoms with Gasteiger partial charge in [0.05, 0.1) is 21.7 Å². The Morgan fingerprint density at radius 1 is 1.47 bits per heavy atom. The van der Waals surface area contributed by atoms with E-state index in [2.05, 4.69) is 21.2 Å². The average Bonchev–Trinajstić information content (AvgIpc) is 2.77. The summed E-state index contributed by atoms with van der Waals surface area (Å²) in [7, 11) is 0. The van der Waals surface area contributed by atoms with Crippen LogP contribution in [0.5, 0.6) is 0 Å². The molecule has 1 aromatic carbocycles. The molecule has 100 valence electrons. The van der Waals surface area contributed by atoms with Gasteiger partial charge < -0.3 is 5.32 Å². The minimum Gasteiger partial charge on any atom is -0.376 e. The normalized spacial score (nSPS) is 12.2. The molecule has 0 fully saturated rings. The fraction of sp³-hybridized carbons (Fsp3) is 0.167. The number of nitro groups is 1. The highest BCUT2D eigenvalue weighted by molar-refractivity contribution is 9.10. The average molecular weight is 362 g/mol. The molecular weight excluding hydrogens is 352 g/mol. The molecular formula is C12H10BrClN2O2S. The van der Waals surface area contributed by atoms with Crippen molar-refractivity contribution in [2.45, 2.75) is 13.0 Å². The Labute approximate surface area is 127 Å². The minimum absolute atomic E-state index is 0.0134. The molecule has 0 aliphatic carbocycles. The number of non-ortho nitro benzene ring substituents is 1. The maximum atomic E-state index is 10.6. The van der Waals surface area contributed by atoms with Crippen molar-refractivity contribution in [1.82, 2.24) is 0 Å². The maximum absolute atomic E-state index is 10.6. The van der Waals surface area contributed by atoms with Crippen molar-refractivity contribution in [3.63, 3.8) is 0 Å². The summed E-state index contributed by atoms with van der Waals surface area (Å²) >= 11 is 11.2. The number of rotatable bonds is 4. The van der Waals surface area contributed by atoms with E-state index in [-0.39, 0.29) is 11.7 Å². The molecule has 2 rings (SSSR count). The fourth-order valence-corrected chi connectivity index (χ4v) is 3.60. The van der Waals surface area contributed by atoms with Gasteiger partial charge in [-0.15, -0.1) is 11.3 Å². The molecule has 2 aromatic rings. The molecule has 0 saturated carbocycles. The molecule has 0 saturated heterocycles. The molecule has 19 heavy (non-hydrogen) atoms. The Morgan fingerprint density at radius 3 is 2.74 bits per heavy atom. The Balaban J connectivity index is 2.20. The van der Waals surface area contributed by atoms with Gasteiger partial charge in [-0.05, 0) is 40.4 Å². The molecule has 1 heterocycles. The van der Waals surface area contributed by atoms with Crippen LogP contribution < -0.4 is 5.32 Å². The first-order valence-electron chi connectivity index (χ1n) is 5.42. The zero-order valence-electron chi connectivity index (χ0n) is 9.89. The summed E-state index contributed by atoms with van der Waals surface area (Å²) in [6.07, 6.45) is 0. The van der Waals surface area contributed by atoms with E-state index >= 15 is 0 Å². The largest absolute Gasteiger partial charge is 0.376 e. The maximum Gasteiger partial charge on any atom is 0.271 e. The number of benzene rings is 1. The van der Waals surface area contributed by atoms with E-state index in [1.807, 2.05) is 18.4 Å². The molecule has 4 nitrogen and oxygen atoms in total. The smallest absolute Gasteiger partial charge is 0.271 e. The van der Waals surface area contributed by atoms with Crippen LogP contribution in [0.25, 0.3) is 0 Å². The second-order valence-electron chi connectivity index (χ2n) is 3.92. The van der Waals surface area contributed by atoms with Gasteiger partial charge in [-0.3, -0.25) is 10.1 Å². The molecule has 0 spiro atoms. The van der Waals surface area contributed by atoms with Crippen LogP contribution in [0.2, 0.25) is 5.02 Å². The number of hydrogen-bond acceptors (Lipinski definition) is 4. The Hall–Kier alpha value is -1.11. The van der Waals surface area contributed by atoms with Crippen LogP contribution in [0.15, 0.2) is 34.1 Å². The van der Waals surface area contributed by atoms with Crippen LogP contribution in [0, 0.1) is 10.1 Å². The summed E-state index contributed by atoms with van der Waals surface area (Å²) in [4.78, 5) is 11.3. The number of hydrogen-bond donors (Lipinski definition) is 1. The van der Waals surface area contributed by atoms with Gasteiger partial charge in [0, 0.05) is 21.5 Å². The Bertz CT molecular complexity index is 618. The van der Waals surface area contributed by atoms with E-state index in [0.717, 1.165) is 9.35 Å². The highest BCUT2D eigenvalue weighted by Gasteiger charge is 2.14. The highest BCUT2D eigenvalue weighted by atomic mass is 79.9. The summed E-state index contributed by atoms with van der Waals surface area (Å²) in [5.41, 5.74) is 0.667. The quantitative estimate of drug-likeness (QED) is 0.598. The summed E-state index contributed by atoms with van der Waals surface area (Å²) < 4.78 is 1.04. The second-order valence-corrected chi connectivity index (χ2v) is 6.13. The van der Waals surface area contributed by atoms with E-state index in [1.54, 1.807) is 17.4 Å². The van der Waals surface area contributed by atoms with Crippen molar-refractivity contribution in [3.8, 4) is 0 Å². The second kappa shape index (κ2) is 5.90. The fourth-order valence-electron chi connectivity index (χ4n) is 1.65. The van der Waals surface area contributed by atoms with Crippen LogP contribution >= 0.6 is 38.9 Å². The highest BCUT2D eigenvalue weighted by Crippen LogP contribution is 2.34. The number of nitro benzene ring substituents is 1.